The molecule has 0 bridgehead atoms. The van der Waals surface area contributed by atoms with E-state index in [1.54, 1.807) is 31.3 Å². The van der Waals surface area contributed by atoms with Gasteiger partial charge in [0.05, 0.1) is 23.9 Å². The third-order valence-corrected chi connectivity index (χ3v) is 9.14. The highest BCUT2D eigenvalue weighted by Gasteiger charge is 2.56. The van der Waals surface area contributed by atoms with Crippen LogP contribution >= 0.6 is 0 Å². The first-order valence-corrected chi connectivity index (χ1v) is 13.6. The molecule has 2 aliphatic rings. The Bertz CT molecular complexity index is 1520. The highest BCUT2D eigenvalue weighted by atomic mass is 32.2. The van der Waals surface area contributed by atoms with Crippen LogP contribution in [0, 0.1) is 11.3 Å². The Kier molecular flexibility index (Phi) is 6.68. The minimum absolute atomic E-state index is 0.0265. The smallest absolute Gasteiger partial charge is 0.272 e. The first-order valence-electron chi connectivity index (χ1n) is 12.1. The zero-order valence-electron chi connectivity index (χ0n) is 20.7. The number of carbonyl (C=O) groups is 2. The van der Waals surface area contributed by atoms with Crippen LogP contribution in [0.5, 0.6) is 0 Å². The van der Waals surface area contributed by atoms with Gasteiger partial charge in [-0.05, 0) is 37.0 Å². The predicted octanol–water partition coefficient (Wildman–Crippen LogP) is 0.662. The van der Waals surface area contributed by atoms with Gasteiger partial charge in [-0.25, -0.2) is 13.1 Å². The molecule has 0 radical (unpaired) electrons. The fourth-order valence-corrected chi connectivity index (χ4v) is 6.22. The largest absolute Gasteiger partial charge is 0.347 e. The molecule has 1 aromatic carbocycles. The summed E-state index contributed by atoms with van der Waals surface area (Å²) in [6.45, 7) is 0.623. The fourth-order valence-electron chi connectivity index (χ4n) is 4.61. The Morgan fingerprint density at radius 2 is 1.95 bits per heavy atom. The molecule has 3 aromatic rings. The summed E-state index contributed by atoms with van der Waals surface area (Å²) in [7, 11) is -2.12. The van der Waals surface area contributed by atoms with E-state index in [0.29, 0.717) is 41.8 Å². The Morgan fingerprint density at radius 3 is 2.61 bits per heavy atom. The van der Waals surface area contributed by atoms with Gasteiger partial charge in [0.2, 0.25) is 10.0 Å². The molecule has 1 aliphatic heterocycles. The van der Waals surface area contributed by atoms with Crippen LogP contribution in [0.15, 0.2) is 42.9 Å². The number of carbonyl (C=O) groups excluding carboxylic acids is 2. The molecule has 2 aromatic heterocycles. The van der Waals surface area contributed by atoms with E-state index in [4.69, 9.17) is 5.26 Å². The molecule has 2 amide bonds. The van der Waals surface area contributed by atoms with E-state index in [1.807, 2.05) is 0 Å². The van der Waals surface area contributed by atoms with Gasteiger partial charge < -0.3 is 10.2 Å². The summed E-state index contributed by atoms with van der Waals surface area (Å²) in [6.07, 6.45) is 5.80. The Hall–Kier alpha value is -4.15. The van der Waals surface area contributed by atoms with E-state index in [0.717, 1.165) is 5.56 Å². The summed E-state index contributed by atoms with van der Waals surface area (Å²) in [5.74, 6) is -0.746. The number of nitrogens with zero attached hydrogens (tertiary/aromatic N) is 6. The van der Waals surface area contributed by atoms with Gasteiger partial charge in [-0.2, -0.15) is 10.4 Å². The number of sulfonamides is 1. The summed E-state index contributed by atoms with van der Waals surface area (Å²) < 4.78 is 29.2. The summed E-state index contributed by atoms with van der Waals surface area (Å²) in [5, 5.41) is 16.1. The minimum atomic E-state index is -3.72. The number of benzene rings is 1. The van der Waals surface area contributed by atoms with Crippen molar-refractivity contribution < 1.29 is 18.0 Å². The van der Waals surface area contributed by atoms with Crippen molar-refractivity contribution in [1.82, 2.24) is 34.7 Å². The van der Waals surface area contributed by atoms with Gasteiger partial charge in [-0.15, -0.1) is 0 Å². The number of nitriles is 1. The highest BCUT2D eigenvalue weighted by molar-refractivity contribution is 7.91. The molecular weight excluding hydrogens is 508 g/mol. The van der Waals surface area contributed by atoms with E-state index in [-0.39, 0.29) is 37.8 Å². The molecule has 13 heteroatoms. The second-order valence-electron chi connectivity index (χ2n) is 9.47. The van der Waals surface area contributed by atoms with Gasteiger partial charge in [0.1, 0.15) is 10.4 Å². The zero-order chi connectivity index (χ0) is 26.9. The molecule has 1 aliphatic carbocycles. The summed E-state index contributed by atoms with van der Waals surface area (Å²) >= 11 is 0. The van der Waals surface area contributed by atoms with Gasteiger partial charge in [-0.3, -0.25) is 24.2 Å². The number of amides is 2. The first kappa shape index (κ1) is 25.5. The predicted molar refractivity (Wildman–Crippen MR) is 135 cm³/mol. The molecule has 0 atom stereocenters. The fraction of sp³-hybridized carbons (Fsp3) is 0.360. The number of aryl methyl sites for hydroxylation is 1. The molecule has 38 heavy (non-hydrogen) atoms. The van der Waals surface area contributed by atoms with Crippen molar-refractivity contribution in [3.05, 3.63) is 76.6 Å². The maximum atomic E-state index is 13.4. The molecule has 2 N–H and O–H groups in total. The quantitative estimate of drug-likeness (QED) is 0.404. The van der Waals surface area contributed by atoms with Gasteiger partial charge in [0, 0.05) is 50.8 Å². The maximum absolute atomic E-state index is 13.4. The van der Waals surface area contributed by atoms with Gasteiger partial charge in [0.25, 0.3) is 11.8 Å². The van der Waals surface area contributed by atoms with Crippen LogP contribution in [0.3, 0.4) is 0 Å². The first-order chi connectivity index (χ1) is 18.2. The van der Waals surface area contributed by atoms with E-state index < -0.39 is 20.7 Å². The molecular formula is C25H26N8O4S. The summed E-state index contributed by atoms with van der Waals surface area (Å²) in [5.41, 5.74) is 2.89. The lowest BCUT2D eigenvalue weighted by molar-refractivity contribution is 0.0724. The van der Waals surface area contributed by atoms with Crippen molar-refractivity contribution in [2.24, 2.45) is 7.05 Å². The Morgan fingerprint density at radius 1 is 1.18 bits per heavy atom. The SMILES string of the molecule is Cn1nc(C(=O)NCc2ccc(C#N)cc2)c2c1C(=O)N(CC1(S(=O)(=O)NCc3cnccn3)CC1)CC2. The lowest BCUT2D eigenvalue weighted by Crippen LogP contribution is -2.48. The van der Waals surface area contributed by atoms with E-state index in [1.165, 1.54) is 28.2 Å². The molecule has 3 heterocycles. The average molecular weight is 535 g/mol. The van der Waals surface area contributed by atoms with Crippen LogP contribution in [0.2, 0.25) is 0 Å². The molecule has 5 rings (SSSR count). The number of rotatable bonds is 9. The summed E-state index contributed by atoms with van der Waals surface area (Å²) in [6, 6.07) is 8.93. The molecule has 12 nitrogen and oxygen atoms in total. The average Bonchev–Trinajstić information content (AvgIpc) is 3.65. The number of hydrogen-bond donors (Lipinski definition) is 2. The zero-order valence-corrected chi connectivity index (χ0v) is 21.5. The van der Waals surface area contributed by atoms with Crippen LogP contribution in [0.25, 0.3) is 0 Å². The number of fused-ring (bicyclic) bond motifs is 1. The van der Waals surface area contributed by atoms with Crippen LogP contribution in [-0.2, 0) is 36.6 Å². The Labute approximate surface area is 219 Å². The molecule has 0 spiro atoms. The van der Waals surface area contributed by atoms with Crippen LogP contribution in [-0.4, -0.2) is 62.7 Å². The van der Waals surface area contributed by atoms with Gasteiger partial charge >= 0.3 is 0 Å². The third kappa shape index (κ3) is 4.88. The topological polar surface area (TPSA) is 163 Å². The van der Waals surface area contributed by atoms with Crippen molar-refractivity contribution in [2.45, 2.75) is 37.1 Å². The molecule has 1 fully saturated rings. The molecule has 196 valence electrons. The molecule has 0 unspecified atom stereocenters. The van der Waals surface area contributed by atoms with Crippen molar-refractivity contribution in [1.29, 1.82) is 5.26 Å². The third-order valence-electron chi connectivity index (χ3n) is 6.93. The monoisotopic (exact) mass is 534 g/mol. The lowest BCUT2D eigenvalue weighted by Gasteiger charge is -2.31. The second kappa shape index (κ2) is 9.96. The lowest BCUT2D eigenvalue weighted by atomic mass is 10.0. The minimum Gasteiger partial charge on any atom is -0.347 e. The van der Waals surface area contributed by atoms with Crippen molar-refractivity contribution >= 4 is 21.8 Å². The van der Waals surface area contributed by atoms with Gasteiger partial charge in [0.15, 0.2) is 5.69 Å². The van der Waals surface area contributed by atoms with E-state index in [9.17, 15) is 18.0 Å². The van der Waals surface area contributed by atoms with Crippen molar-refractivity contribution in [2.75, 3.05) is 13.1 Å². The maximum Gasteiger partial charge on any atom is 0.272 e. The molecule has 1 saturated carbocycles. The van der Waals surface area contributed by atoms with E-state index in [2.05, 4.69) is 31.2 Å². The highest BCUT2D eigenvalue weighted by Crippen LogP contribution is 2.44. The number of hydrogen-bond acceptors (Lipinski definition) is 8. The van der Waals surface area contributed by atoms with Crippen LogP contribution in [0.1, 0.15) is 56.2 Å². The molecule has 0 saturated heterocycles. The summed E-state index contributed by atoms with van der Waals surface area (Å²) in [4.78, 5) is 35.9. The standard InChI is InChI=1S/C25H26N8O4S/c1-32-22-20(21(31-32)23(34)29-13-18-4-2-17(12-26)3-5-18)6-11-33(24(22)35)16-25(7-8-25)38(36,37)30-15-19-14-27-9-10-28-19/h2-5,9-10,14,30H,6-8,11,13,15-16H2,1H3,(H,29,34). The van der Waals surface area contributed by atoms with Gasteiger partial charge in [-0.1, -0.05) is 12.1 Å². The second-order valence-corrected chi connectivity index (χ2v) is 11.6. The number of nitrogens with one attached hydrogen (secondary N) is 2. The van der Waals surface area contributed by atoms with E-state index >= 15 is 0 Å². The normalized spacial score (nSPS) is 16.0. The Balaban J connectivity index is 1.26. The van der Waals surface area contributed by atoms with Crippen LogP contribution in [0.4, 0.5) is 0 Å². The van der Waals surface area contributed by atoms with Crippen LogP contribution < -0.4 is 10.0 Å². The number of aromatic nitrogens is 4. The van der Waals surface area contributed by atoms with Crippen molar-refractivity contribution in [3.63, 3.8) is 0 Å². The van der Waals surface area contributed by atoms with Crippen molar-refractivity contribution in [3.8, 4) is 6.07 Å².